The molecule has 5 heteroatoms. The molecule has 1 aromatic rings. The zero-order chi connectivity index (χ0) is 12.1. The standard InChI is InChI=1S/C11H9Br2O3/c1-2-3-10(15)16-11-7(6-14)4-8(12)5-9(11)13/h4-6H,1-3H2. The van der Waals surface area contributed by atoms with E-state index in [1.807, 2.05) is 0 Å². The Bertz CT molecular complexity index is 416. The first-order valence-electron chi connectivity index (χ1n) is 4.52. The van der Waals surface area contributed by atoms with Crippen LogP contribution in [0.25, 0.3) is 0 Å². The Morgan fingerprint density at radius 1 is 1.44 bits per heavy atom. The number of halogens is 2. The van der Waals surface area contributed by atoms with Gasteiger partial charge in [-0.2, -0.15) is 0 Å². The van der Waals surface area contributed by atoms with Crippen molar-refractivity contribution in [3.63, 3.8) is 0 Å². The number of rotatable bonds is 4. The van der Waals surface area contributed by atoms with Crippen LogP contribution < -0.4 is 4.74 Å². The summed E-state index contributed by atoms with van der Waals surface area (Å²) in [6.07, 6.45) is 1.33. The Kier molecular flexibility index (Phi) is 5.15. The van der Waals surface area contributed by atoms with Crippen molar-refractivity contribution >= 4 is 44.1 Å². The minimum atomic E-state index is -0.402. The zero-order valence-electron chi connectivity index (χ0n) is 8.33. The van der Waals surface area contributed by atoms with Gasteiger partial charge in [-0.15, -0.1) is 0 Å². The second kappa shape index (κ2) is 6.15. The SMILES string of the molecule is [CH2]CCC(=O)Oc1c(Br)cc(Br)cc1C=O. The number of ether oxygens (including phenoxy) is 1. The molecule has 0 atom stereocenters. The molecule has 0 saturated heterocycles. The van der Waals surface area contributed by atoms with Crippen LogP contribution in [0, 0.1) is 6.92 Å². The smallest absolute Gasteiger partial charge is 0.311 e. The summed E-state index contributed by atoms with van der Waals surface area (Å²) in [6.45, 7) is 3.56. The van der Waals surface area contributed by atoms with E-state index in [1.54, 1.807) is 12.1 Å². The highest BCUT2D eigenvalue weighted by Crippen LogP contribution is 2.32. The molecular formula is C11H9Br2O3. The molecule has 0 amide bonds. The normalized spacial score (nSPS) is 9.94. The zero-order valence-corrected chi connectivity index (χ0v) is 11.5. The Hall–Kier alpha value is -0.680. The van der Waals surface area contributed by atoms with Crippen LogP contribution in [0.2, 0.25) is 0 Å². The summed E-state index contributed by atoms with van der Waals surface area (Å²) in [5.41, 5.74) is 0.318. The third kappa shape index (κ3) is 3.42. The average molecular weight is 349 g/mol. The first kappa shape index (κ1) is 13.4. The highest BCUT2D eigenvalue weighted by molar-refractivity contribution is 9.11. The van der Waals surface area contributed by atoms with Crippen LogP contribution in [0.3, 0.4) is 0 Å². The van der Waals surface area contributed by atoms with Crippen molar-refractivity contribution < 1.29 is 14.3 Å². The van der Waals surface area contributed by atoms with Crippen molar-refractivity contribution in [2.45, 2.75) is 12.8 Å². The van der Waals surface area contributed by atoms with Crippen molar-refractivity contribution in [3.8, 4) is 5.75 Å². The van der Waals surface area contributed by atoms with E-state index < -0.39 is 5.97 Å². The minimum absolute atomic E-state index is 0.223. The third-order valence-electron chi connectivity index (χ3n) is 1.76. The first-order chi connectivity index (χ1) is 7.58. The Morgan fingerprint density at radius 2 is 2.12 bits per heavy atom. The molecule has 0 N–H and O–H groups in total. The maximum absolute atomic E-state index is 11.3. The van der Waals surface area contributed by atoms with Gasteiger partial charge in [-0.05, 0) is 34.5 Å². The second-order valence-corrected chi connectivity index (χ2v) is 4.77. The second-order valence-electron chi connectivity index (χ2n) is 3.00. The van der Waals surface area contributed by atoms with Gasteiger partial charge in [0.1, 0.15) is 0 Å². The van der Waals surface area contributed by atoms with Crippen LogP contribution in [0.1, 0.15) is 23.2 Å². The van der Waals surface area contributed by atoms with Gasteiger partial charge in [-0.25, -0.2) is 0 Å². The number of aldehydes is 1. The van der Waals surface area contributed by atoms with Gasteiger partial charge in [0, 0.05) is 10.9 Å². The van der Waals surface area contributed by atoms with Crippen LogP contribution in [-0.2, 0) is 4.79 Å². The maximum Gasteiger partial charge on any atom is 0.311 e. The molecule has 1 aromatic carbocycles. The lowest BCUT2D eigenvalue weighted by molar-refractivity contribution is -0.134. The van der Waals surface area contributed by atoms with Gasteiger partial charge in [0.25, 0.3) is 0 Å². The van der Waals surface area contributed by atoms with Crippen LogP contribution in [0.4, 0.5) is 0 Å². The molecular weight excluding hydrogens is 340 g/mol. The molecule has 3 nitrogen and oxygen atoms in total. The molecule has 1 radical (unpaired) electrons. The van der Waals surface area contributed by atoms with Crippen LogP contribution in [0.5, 0.6) is 5.75 Å². The Balaban J connectivity index is 3.02. The number of esters is 1. The molecule has 0 fully saturated rings. The van der Waals surface area contributed by atoms with Crippen molar-refractivity contribution in [2.24, 2.45) is 0 Å². The van der Waals surface area contributed by atoms with Gasteiger partial charge in [0.15, 0.2) is 12.0 Å². The van der Waals surface area contributed by atoms with Crippen molar-refractivity contribution in [2.75, 3.05) is 0 Å². The van der Waals surface area contributed by atoms with E-state index in [-0.39, 0.29) is 12.2 Å². The predicted molar refractivity (Wildman–Crippen MR) is 67.5 cm³/mol. The van der Waals surface area contributed by atoms with Gasteiger partial charge in [-0.1, -0.05) is 22.9 Å². The van der Waals surface area contributed by atoms with Crippen molar-refractivity contribution in [1.29, 1.82) is 0 Å². The lowest BCUT2D eigenvalue weighted by Gasteiger charge is -2.08. The number of hydrogen-bond acceptors (Lipinski definition) is 3. The number of carbonyl (C=O) groups is 2. The molecule has 0 aliphatic rings. The van der Waals surface area contributed by atoms with E-state index in [0.29, 0.717) is 22.7 Å². The molecule has 0 aliphatic carbocycles. The molecule has 0 aromatic heterocycles. The fourth-order valence-corrected chi connectivity index (χ4v) is 2.42. The quantitative estimate of drug-likeness (QED) is 0.475. The van der Waals surface area contributed by atoms with E-state index >= 15 is 0 Å². The van der Waals surface area contributed by atoms with E-state index in [4.69, 9.17) is 4.74 Å². The van der Waals surface area contributed by atoms with E-state index in [1.165, 1.54) is 0 Å². The fraction of sp³-hybridized carbons (Fsp3) is 0.182. The maximum atomic E-state index is 11.3. The summed E-state index contributed by atoms with van der Waals surface area (Å²) in [4.78, 5) is 22.1. The molecule has 0 bridgehead atoms. The summed E-state index contributed by atoms with van der Waals surface area (Å²) >= 11 is 6.48. The summed E-state index contributed by atoms with van der Waals surface area (Å²) in [6, 6.07) is 3.30. The Labute approximate surface area is 110 Å². The molecule has 16 heavy (non-hydrogen) atoms. The molecule has 0 spiro atoms. The lowest BCUT2D eigenvalue weighted by Crippen LogP contribution is -2.09. The van der Waals surface area contributed by atoms with Crippen LogP contribution >= 0.6 is 31.9 Å². The Morgan fingerprint density at radius 3 is 2.69 bits per heavy atom. The predicted octanol–water partition coefficient (Wildman–Crippen LogP) is 3.54. The third-order valence-corrected chi connectivity index (χ3v) is 2.81. The van der Waals surface area contributed by atoms with E-state index in [0.717, 1.165) is 4.47 Å². The fourth-order valence-electron chi connectivity index (χ4n) is 1.08. The summed E-state index contributed by atoms with van der Waals surface area (Å²) in [5, 5.41) is 0. The minimum Gasteiger partial charge on any atom is -0.425 e. The molecule has 85 valence electrons. The van der Waals surface area contributed by atoms with Crippen LogP contribution in [-0.4, -0.2) is 12.3 Å². The topological polar surface area (TPSA) is 43.4 Å². The number of benzene rings is 1. The van der Waals surface area contributed by atoms with Gasteiger partial charge < -0.3 is 4.74 Å². The lowest BCUT2D eigenvalue weighted by atomic mass is 10.2. The van der Waals surface area contributed by atoms with Gasteiger partial charge in [0.05, 0.1) is 10.0 Å². The largest absolute Gasteiger partial charge is 0.425 e. The van der Waals surface area contributed by atoms with E-state index in [2.05, 4.69) is 38.8 Å². The van der Waals surface area contributed by atoms with Crippen molar-refractivity contribution in [1.82, 2.24) is 0 Å². The first-order valence-corrected chi connectivity index (χ1v) is 6.11. The van der Waals surface area contributed by atoms with Crippen LogP contribution in [0.15, 0.2) is 21.1 Å². The summed E-state index contributed by atoms with van der Waals surface area (Å²) in [7, 11) is 0. The monoisotopic (exact) mass is 347 g/mol. The highest BCUT2D eigenvalue weighted by Gasteiger charge is 2.13. The molecule has 0 unspecified atom stereocenters. The highest BCUT2D eigenvalue weighted by atomic mass is 79.9. The van der Waals surface area contributed by atoms with Gasteiger partial charge in [-0.3, -0.25) is 9.59 Å². The number of hydrogen-bond donors (Lipinski definition) is 0. The van der Waals surface area contributed by atoms with Crippen molar-refractivity contribution in [3.05, 3.63) is 33.6 Å². The van der Waals surface area contributed by atoms with Gasteiger partial charge >= 0.3 is 5.97 Å². The molecule has 1 rings (SSSR count). The molecule has 0 heterocycles. The molecule has 0 aliphatic heterocycles. The van der Waals surface area contributed by atoms with E-state index in [9.17, 15) is 9.59 Å². The summed E-state index contributed by atoms with van der Waals surface area (Å²) in [5.74, 6) is -0.155. The van der Waals surface area contributed by atoms with Gasteiger partial charge in [0.2, 0.25) is 0 Å². The number of carbonyl (C=O) groups excluding carboxylic acids is 2. The summed E-state index contributed by atoms with van der Waals surface area (Å²) < 4.78 is 6.38. The average Bonchev–Trinajstić information content (AvgIpc) is 2.22. The molecule has 0 saturated carbocycles.